The van der Waals surface area contributed by atoms with Gasteiger partial charge >= 0.3 is 0 Å². The van der Waals surface area contributed by atoms with Gasteiger partial charge in [0.15, 0.2) is 0 Å². The molecule has 0 saturated carbocycles. The van der Waals surface area contributed by atoms with Crippen molar-refractivity contribution >= 4 is 54.0 Å². The molecule has 0 saturated heterocycles. The first-order chi connectivity index (χ1) is 15.8. The van der Waals surface area contributed by atoms with E-state index in [1.54, 1.807) is 0 Å². The molecule has 0 spiro atoms. The molecule has 0 bridgehead atoms. The molecule has 0 atom stereocenters. The first-order valence-electron chi connectivity index (χ1n) is 11.0. The fourth-order valence-corrected chi connectivity index (χ4v) is 5.05. The summed E-state index contributed by atoms with van der Waals surface area (Å²) in [4.78, 5) is 4.67. The van der Waals surface area contributed by atoms with Crippen LogP contribution in [0.25, 0.3) is 65.1 Å². The minimum Gasteiger partial charge on any atom is -0.256 e. The van der Waals surface area contributed by atoms with Crippen LogP contribution in [0.4, 0.5) is 0 Å². The van der Waals surface area contributed by atoms with Crippen molar-refractivity contribution < 1.29 is 0 Å². The normalized spacial score (nSPS) is 11.8. The Balaban J connectivity index is 1.53. The molecule has 0 N–H and O–H groups in total. The van der Waals surface area contributed by atoms with E-state index in [-0.39, 0.29) is 0 Å². The molecule has 0 amide bonds. The molecule has 1 nitrogen and oxygen atoms in total. The van der Waals surface area contributed by atoms with Gasteiger partial charge in [0.1, 0.15) is 0 Å². The first-order valence-corrected chi connectivity index (χ1v) is 11.0. The van der Waals surface area contributed by atoms with Gasteiger partial charge in [-0.3, -0.25) is 4.98 Å². The predicted molar refractivity (Wildman–Crippen MR) is 137 cm³/mol. The van der Waals surface area contributed by atoms with Gasteiger partial charge in [0.2, 0.25) is 0 Å². The second kappa shape index (κ2) is 6.63. The van der Waals surface area contributed by atoms with Crippen molar-refractivity contribution in [1.82, 2.24) is 4.98 Å². The van der Waals surface area contributed by atoms with Crippen LogP contribution in [0.5, 0.6) is 0 Å². The van der Waals surface area contributed by atoms with E-state index in [4.69, 9.17) is 0 Å². The van der Waals surface area contributed by atoms with Crippen molar-refractivity contribution in [2.24, 2.45) is 0 Å². The van der Waals surface area contributed by atoms with E-state index >= 15 is 0 Å². The Kier molecular flexibility index (Phi) is 3.62. The molecule has 7 aromatic rings. The molecule has 0 aliphatic heterocycles. The topological polar surface area (TPSA) is 12.9 Å². The zero-order valence-electron chi connectivity index (χ0n) is 17.4. The van der Waals surface area contributed by atoms with E-state index in [0.717, 1.165) is 5.52 Å². The van der Waals surface area contributed by atoms with E-state index in [0.29, 0.717) is 0 Å². The number of nitrogens with zero attached hydrogens (tertiary/aromatic N) is 1. The maximum atomic E-state index is 4.67. The predicted octanol–water partition coefficient (Wildman–Crippen LogP) is 8.51. The molecular weight excluding hydrogens is 386 g/mol. The minimum atomic E-state index is 1.06. The van der Waals surface area contributed by atoms with Crippen LogP contribution < -0.4 is 0 Å². The zero-order chi connectivity index (χ0) is 21.1. The van der Waals surface area contributed by atoms with Gasteiger partial charge in [-0.2, -0.15) is 0 Å². The molecule has 0 aliphatic carbocycles. The third-order valence-corrected chi connectivity index (χ3v) is 6.65. The molecule has 0 fully saturated rings. The molecule has 1 heterocycles. The lowest BCUT2D eigenvalue weighted by Gasteiger charge is -2.11. The SMILES string of the molecule is c1ccc2c(c1)ccc1ccc3ccc(-c4ccc5ccc6cccnc6c5c4)cc3c12. The molecular formula is C31H19N. The van der Waals surface area contributed by atoms with Crippen LogP contribution in [0.15, 0.2) is 115 Å². The van der Waals surface area contributed by atoms with E-state index in [9.17, 15) is 0 Å². The largest absolute Gasteiger partial charge is 0.256 e. The number of pyridine rings is 1. The highest BCUT2D eigenvalue weighted by molar-refractivity contribution is 6.20. The molecule has 148 valence electrons. The molecule has 0 aliphatic rings. The minimum absolute atomic E-state index is 1.06. The van der Waals surface area contributed by atoms with Gasteiger partial charge in [0.25, 0.3) is 0 Å². The lowest BCUT2D eigenvalue weighted by atomic mass is 9.93. The van der Waals surface area contributed by atoms with Crippen LogP contribution in [0.3, 0.4) is 0 Å². The second-order valence-corrected chi connectivity index (χ2v) is 8.46. The van der Waals surface area contributed by atoms with Crippen molar-refractivity contribution in [2.45, 2.75) is 0 Å². The molecule has 0 radical (unpaired) electrons. The van der Waals surface area contributed by atoms with Gasteiger partial charge in [-0.05, 0) is 67.0 Å². The Hall–Kier alpha value is -4.23. The maximum Gasteiger partial charge on any atom is 0.0780 e. The Morgan fingerprint density at radius 3 is 1.78 bits per heavy atom. The third-order valence-electron chi connectivity index (χ3n) is 6.65. The van der Waals surface area contributed by atoms with Gasteiger partial charge in [0.05, 0.1) is 5.52 Å². The van der Waals surface area contributed by atoms with Crippen LogP contribution in [0.1, 0.15) is 0 Å². The number of aromatic nitrogens is 1. The summed E-state index contributed by atoms with van der Waals surface area (Å²) in [6, 6.07) is 39.6. The molecule has 1 heteroatoms. The average molecular weight is 406 g/mol. The number of benzene rings is 6. The fourth-order valence-electron chi connectivity index (χ4n) is 5.05. The summed E-state index contributed by atoms with van der Waals surface area (Å²) in [5.74, 6) is 0. The molecule has 32 heavy (non-hydrogen) atoms. The fraction of sp³-hybridized carbons (Fsp3) is 0. The van der Waals surface area contributed by atoms with Gasteiger partial charge in [-0.25, -0.2) is 0 Å². The first kappa shape index (κ1) is 17.5. The van der Waals surface area contributed by atoms with Gasteiger partial charge in [0, 0.05) is 17.0 Å². The van der Waals surface area contributed by atoms with E-state index in [2.05, 4.69) is 108 Å². The average Bonchev–Trinajstić information content (AvgIpc) is 2.87. The summed E-state index contributed by atoms with van der Waals surface area (Å²) in [6.07, 6.45) is 1.88. The maximum absolute atomic E-state index is 4.67. The Morgan fingerprint density at radius 1 is 0.406 bits per heavy atom. The van der Waals surface area contributed by atoms with Crippen LogP contribution in [-0.4, -0.2) is 4.98 Å². The highest BCUT2D eigenvalue weighted by atomic mass is 14.6. The van der Waals surface area contributed by atoms with Crippen LogP contribution in [0, 0.1) is 0 Å². The Labute approximate surface area is 185 Å². The molecule has 6 aromatic carbocycles. The number of hydrogen-bond acceptors (Lipinski definition) is 1. The Morgan fingerprint density at radius 2 is 0.969 bits per heavy atom. The molecule has 0 unspecified atom stereocenters. The van der Waals surface area contributed by atoms with Gasteiger partial charge < -0.3 is 0 Å². The summed E-state index contributed by atoms with van der Waals surface area (Å²) < 4.78 is 0. The number of rotatable bonds is 1. The monoisotopic (exact) mass is 405 g/mol. The highest BCUT2D eigenvalue weighted by Gasteiger charge is 2.09. The number of hydrogen-bond donors (Lipinski definition) is 0. The standard InChI is InChI=1S/C31H19N/c1-2-6-27-20(4-1)7-12-23-13-8-21-10-15-25(18-28(21)30(23)27)26-16-11-22-9-14-24-5-3-17-32-31(24)29(22)19-26/h1-19H. The lowest BCUT2D eigenvalue weighted by molar-refractivity contribution is 1.43. The quantitative estimate of drug-likeness (QED) is 0.249. The summed E-state index contributed by atoms with van der Waals surface area (Å²) in [7, 11) is 0. The van der Waals surface area contributed by atoms with Crippen LogP contribution in [0.2, 0.25) is 0 Å². The zero-order valence-corrected chi connectivity index (χ0v) is 17.4. The van der Waals surface area contributed by atoms with Crippen LogP contribution in [-0.2, 0) is 0 Å². The number of fused-ring (bicyclic) bond motifs is 8. The highest BCUT2D eigenvalue weighted by Crippen LogP contribution is 2.35. The van der Waals surface area contributed by atoms with Crippen molar-refractivity contribution in [1.29, 1.82) is 0 Å². The summed E-state index contributed by atoms with van der Waals surface area (Å²) in [5.41, 5.74) is 3.51. The van der Waals surface area contributed by atoms with Crippen molar-refractivity contribution in [2.75, 3.05) is 0 Å². The van der Waals surface area contributed by atoms with Crippen molar-refractivity contribution in [3.63, 3.8) is 0 Å². The molecule has 7 rings (SSSR count). The van der Waals surface area contributed by atoms with Gasteiger partial charge in [-0.15, -0.1) is 0 Å². The van der Waals surface area contributed by atoms with Crippen molar-refractivity contribution in [3.8, 4) is 11.1 Å². The lowest BCUT2D eigenvalue weighted by Crippen LogP contribution is -1.85. The van der Waals surface area contributed by atoms with E-state index < -0.39 is 0 Å². The summed E-state index contributed by atoms with van der Waals surface area (Å²) >= 11 is 0. The van der Waals surface area contributed by atoms with E-state index in [1.807, 2.05) is 12.3 Å². The summed E-state index contributed by atoms with van der Waals surface area (Å²) in [6.45, 7) is 0. The third kappa shape index (κ3) is 2.55. The Bertz CT molecular complexity index is 1820. The van der Waals surface area contributed by atoms with Crippen molar-refractivity contribution in [3.05, 3.63) is 115 Å². The van der Waals surface area contributed by atoms with Gasteiger partial charge in [-0.1, -0.05) is 91.0 Å². The second-order valence-electron chi connectivity index (χ2n) is 8.46. The van der Waals surface area contributed by atoms with E-state index in [1.165, 1.54) is 59.6 Å². The molecule has 1 aromatic heterocycles. The van der Waals surface area contributed by atoms with Crippen LogP contribution >= 0.6 is 0 Å². The summed E-state index contributed by atoms with van der Waals surface area (Å²) in [5, 5.41) is 11.4. The smallest absolute Gasteiger partial charge is 0.0780 e.